The van der Waals surface area contributed by atoms with Crippen molar-refractivity contribution in [1.82, 2.24) is 0 Å². The van der Waals surface area contributed by atoms with Crippen molar-refractivity contribution in [2.75, 3.05) is 12.9 Å². The van der Waals surface area contributed by atoms with E-state index in [0.717, 1.165) is 18.9 Å². The van der Waals surface area contributed by atoms with Crippen LogP contribution in [-0.4, -0.2) is 29.8 Å². The summed E-state index contributed by atoms with van der Waals surface area (Å²) in [6, 6.07) is 7.96. The third-order valence-electron chi connectivity index (χ3n) is 3.50. The number of esters is 1. The topological polar surface area (TPSA) is 65.0 Å². The highest BCUT2D eigenvalue weighted by Crippen LogP contribution is 2.24. The lowest BCUT2D eigenvalue weighted by Gasteiger charge is -2.08. The van der Waals surface area contributed by atoms with E-state index >= 15 is 0 Å². The van der Waals surface area contributed by atoms with E-state index in [4.69, 9.17) is 0 Å². The number of carbonyl (C=O) groups excluding carboxylic acids is 2. The Hall–Kier alpha value is -3.21. The minimum atomic E-state index is -2.41. The second kappa shape index (κ2) is 10.0. The lowest BCUT2D eigenvalue weighted by Crippen LogP contribution is -2.14. The molecular weight excluding hydrogens is 433 g/mol. The molecule has 0 heterocycles. The van der Waals surface area contributed by atoms with Crippen molar-refractivity contribution in [2.24, 2.45) is 5.16 Å². The quantitative estimate of drug-likeness (QED) is 0.0761. The van der Waals surface area contributed by atoms with Gasteiger partial charge < -0.3 is 9.57 Å². The summed E-state index contributed by atoms with van der Waals surface area (Å²) in [4.78, 5) is 27.8. The van der Waals surface area contributed by atoms with Crippen molar-refractivity contribution < 1.29 is 41.1 Å². The molecule has 0 N–H and O–H groups in total. The Morgan fingerprint density at radius 3 is 2.03 bits per heavy atom. The fraction of sp³-hybridized carbons (Fsp3) is 0.105. The van der Waals surface area contributed by atoms with Crippen LogP contribution in [0.15, 0.2) is 47.6 Å². The second-order valence-electron chi connectivity index (χ2n) is 5.47. The zero-order valence-corrected chi connectivity index (χ0v) is 16.0. The molecule has 0 aromatic heterocycles. The fourth-order valence-corrected chi connectivity index (χ4v) is 2.84. The van der Waals surface area contributed by atoms with Gasteiger partial charge in [0, 0.05) is 16.9 Å². The van der Waals surface area contributed by atoms with Crippen LogP contribution in [0.4, 0.5) is 22.0 Å². The van der Waals surface area contributed by atoms with Crippen LogP contribution in [0, 0.1) is 29.1 Å². The molecule has 0 atom stereocenters. The highest BCUT2D eigenvalue weighted by molar-refractivity contribution is 8.14. The highest BCUT2D eigenvalue weighted by Gasteiger charge is 2.31. The van der Waals surface area contributed by atoms with E-state index in [-0.39, 0.29) is 16.4 Å². The van der Waals surface area contributed by atoms with E-state index in [0.29, 0.717) is 5.56 Å². The normalized spacial score (nSPS) is 11.2. The maximum Gasteiger partial charge on any atom is 0.371 e. The predicted octanol–water partition coefficient (Wildman–Crippen LogP) is 4.36. The molecule has 0 unspecified atom stereocenters. The van der Waals surface area contributed by atoms with Gasteiger partial charge in [0.05, 0.1) is 7.11 Å². The standard InChI is InChI=1S/C19H12F5NO4S/c1-9(18(26)28-2)8-30-17(10-6-4-3-5-7-10)25-29-19(27)11-12(20)14(22)16(24)15(23)13(11)21/h3-7H,1,8H2,2H3/b25-17+. The first-order valence-corrected chi connectivity index (χ1v) is 8.92. The van der Waals surface area contributed by atoms with Crippen LogP contribution in [0.1, 0.15) is 15.9 Å². The number of oxime groups is 1. The van der Waals surface area contributed by atoms with Gasteiger partial charge in [-0.3, -0.25) is 0 Å². The number of thioether (sulfide) groups is 1. The van der Waals surface area contributed by atoms with E-state index in [9.17, 15) is 31.5 Å². The summed E-state index contributed by atoms with van der Waals surface area (Å²) < 4.78 is 71.7. The van der Waals surface area contributed by atoms with Gasteiger partial charge >= 0.3 is 11.9 Å². The lowest BCUT2D eigenvalue weighted by molar-refractivity contribution is -0.135. The number of hydrogen-bond donors (Lipinski definition) is 0. The second-order valence-corrected chi connectivity index (χ2v) is 6.43. The summed E-state index contributed by atoms with van der Waals surface area (Å²) in [5.74, 6) is -14.3. The Bertz CT molecular complexity index is 998. The summed E-state index contributed by atoms with van der Waals surface area (Å²) in [6.45, 7) is 3.51. The summed E-state index contributed by atoms with van der Waals surface area (Å²) in [5.41, 5.74) is -1.37. The monoisotopic (exact) mass is 445 g/mol. The molecule has 0 amide bonds. The first kappa shape index (κ1) is 23.1. The molecule has 11 heteroatoms. The number of carbonyl (C=O) groups is 2. The molecule has 158 valence electrons. The molecule has 0 bridgehead atoms. The number of ether oxygens (including phenoxy) is 1. The van der Waals surface area contributed by atoms with Crippen molar-refractivity contribution >= 4 is 28.7 Å². The van der Waals surface area contributed by atoms with E-state index in [1.54, 1.807) is 30.3 Å². The van der Waals surface area contributed by atoms with E-state index in [1.165, 1.54) is 0 Å². The van der Waals surface area contributed by atoms with Gasteiger partial charge in [0.1, 0.15) is 10.6 Å². The van der Waals surface area contributed by atoms with Crippen molar-refractivity contribution in [1.29, 1.82) is 0 Å². The van der Waals surface area contributed by atoms with Crippen LogP contribution < -0.4 is 0 Å². The zero-order valence-electron chi connectivity index (χ0n) is 15.2. The smallest absolute Gasteiger partial charge is 0.371 e. The molecule has 0 radical (unpaired) electrons. The van der Waals surface area contributed by atoms with Crippen LogP contribution in [-0.2, 0) is 14.4 Å². The number of halogens is 5. The van der Waals surface area contributed by atoms with Crippen molar-refractivity contribution in [3.8, 4) is 0 Å². The molecule has 0 saturated carbocycles. The first-order chi connectivity index (χ1) is 14.2. The third kappa shape index (κ3) is 5.03. The summed E-state index contributed by atoms with van der Waals surface area (Å²) in [7, 11) is 1.15. The van der Waals surface area contributed by atoms with Gasteiger partial charge in [-0.25, -0.2) is 31.5 Å². The molecule has 2 aromatic rings. The van der Waals surface area contributed by atoms with Crippen molar-refractivity contribution in [3.63, 3.8) is 0 Å². The van der Waals surface area contributed by atoms with Gasteiger partial charge in [-0.1, -0.05) is 53.8 Å². The van der Waals surface area contributed by atoms with Crippen LogP contribution in [0.2, 0.25) is 0 Å². The molecule has 0 aliphatic carbocycles. The molecule has 5 nitrogen and oxygen atoms in total. The summed E-state index contributed by atoms with van der Waals surface area (Å²) in [6.07, 6.45) is 0. The van der Waals surface area contributed by atoms with E-state index in [1.807, 2.05) is 0 Å². The number of nitrogens with zero attached hydrogens (tertiary/aromatic N) is 1. The Morgan fingerprint density at radius 1 is 0.967 bits per heavy atom. The number of hydrogen-bond acceptors (Lipinski definition) is 6. The number of benzene rings is 2. The summed E-state index contributed by atoms with van der Waals surface area (Å²) >= 11 is 0.858. The van der Waals surface area contributed by atoms with E-state index in [2.05, 4.69) is 21.3 Å². The van der Waals surface area contributed by atoms with Gasteiger partial charge in [0.25, 0.3) is 0 Å². The predicted molar refractivity (Wildman–Crippen MR) is 98.2 cm³/mol. The maximum atomic E-state index is 13.7. The Kier molecular flexibility index (Phi) is 7.70. The summed E-state index contributed by atoms with van der Waals surface area (Å²) in [5, 5.41) is 3.43. The van der Waals surface area contributed by atoms with Crippen LogP contribution in [0.5, 0.6) is 0 Å². The average Bonchev–Trinajstić information content (AvgIpc) is 2.76. The third-order valence-corrected chi connectivity index (χ3v) is 4.58. The van der Waals surface area contributed by atoms with Gasteiger partial charge in [-0.15, -0.1) is 0 Å². The molecule has 0 spiro atoms. The minimum absolute atomic E-state index is 0.0297. The first-order valence-electron chi connectivity index (χ1n) is 7.94. The van der Waals surface area contributed by atoms with E-state index < -0.39 is 46.6 Å². The Labute approximate surface area is 171 Å². The van der Waals surface area contributed by atoms with Crippen LogP contribution in [0.3, 0.4) is 0 Å². The van der Waals surface area contributed by atoms with Crippen LogP contribution in [0.25, 0.3) is 0 Å². The van der Waals surface area contributed by atoms with Crippen molar-refractivity contribution in [2.45, 2.75) is 0 Å². The largest absolute Gasteiger partial charge is 0.466 e. The highest BCUT2D eigenvalue weighted by atomic mass is 32.2. The SMILES string of the molecule is C=C(CS/C(=N/OC(=O)c1c(F)c(F)c(F)c(F)c1F)c1ccccc1)C(=O)OC. The molecule has 0 aliphatic heterocycles. The number of methoxy groups -OCH3 is 1. The Morgan fingerprint density at radius 2 is 1.50 bits per heavy atom. The van der Waals surface area contributed by atoms with Gasteiger partial charge in [0.15, 0.2) is 23.3 Å². The van der Waals surface area contributed by atoms with Gasteiger partial charge in [-0.05, 0) is 0 Å². The lowest BCUT2D eigenvalue weighted by atomic mass is 10.1. The van der Waals surface area contributed by atoms with Gasteiger partial charge in [-0.2, -0.15) is 0 Å². The average molecular weight is 445 g/mol. The number of rotatable bonds is 6. The maximum absolute atomic E-state index is 13.7. The van der Waals surface area contributed by atoms with Crippen molar-refractivity contribution in [3.05, 3.63) is 82.7 Å². The minimum Gasteiger partial charge on any atom is -0.466 e. The van der Waals surface area contributed by atoms with Crippen LogP contribution >= 0.6 is 11.8 Å². The molecule has 2 rings (SSSR count). The molecule has 2 aromatic carbocycles. The van der Waals surface area contributed by atoms with Gasteiger partial charge in [0.2, 0.25) is 5.82 Å². The Balaban J connectivity index is 2.33. The fourth-order valence-electron chi connectivity index (χ4n) is 2.01. The molecule has 0 aliphatic rings. The zero-order chi connectivity index (χ0) is 22.4. The molecular formula is C19H12F5NO4S. The molecule has 0 fully saturated rings. The molecule has 30 heavy (non-hydrogen) atoms. The molecule has 0 saturated heterocycles.